The molecule has 0 heterocycles. The van der Waals surface area contributed by atoms with E-state index in [9.17, 15) is 9.59 Å². The SMILES string of the molecule is Cc1ccc(SN(CC(=O)NCc2cccc(C(=O)O)c2)c2ccc(C)c(Cl)c2)cc1. The number of carboxylic acids is 1. The number of halogens is 1. The summed E-state index contributed by atoms with van der Waals surface area (Å²) < 4.78 is 1.89. The minimum atomic E-state index is -0.995. The van der Waals surface area contributed by atoms with E-state index in [4.69, 9.17) is 16.7 Å². The summed E-state index contributed by atoms with van der Waals surface area (Å²) in [6.45, 7) is 4.31. The van der Waals surface area contributed by atoms with Crippen molar-refractivity contribution in [3.63, 3.8) is 0 Å². The highest BCUT2D eigenvalue weighted by atomic mass is 35.5. The van der Waals surface area contributed by atoms with Gasteiger partial charge in [0.05, 0.1) is 5.56 Å². The van der Waals surface area contributed by atoms with Gasteiger partial charge in [0.2, 0.25) is 5.91 Å². The largest absolute Gasteiger partial charge is 0.478 e. The van der Waals surface area contributed by atoms with Gasteiger partial charge >= 0.3 is 5.97 Å². The summed E-state index contributed by atoms with van der Waals surface area (Å²) in [5.41, 5.74) is 3.87. The summed E-state index contributed by atoms with van der Waals surface area (Å²) in [4.78, 5) is 24.8. The summed E-state index contributed by atoms with van der Waals surface area (Å²) >= 11 is 7.77. The number of nitrogens with one attached hydrogen (secondary N) is 1. The van der Waals surface area contributed by atoms with E-state index < -0.39 is 5.97 Å². The van der Waals surface area contributed by atoms with Crippen molar-refractivity contribution in [2.75, 3.05) is 10.8 Å². The third kappa shape index (κ3) is 6.51. The van der Waals surface area contributed by atoms with Crippen LogP contribution >= 0.6 is 23.5 Å². The molecule has 31 heavy (non-hydrogen) atoms. The number of rotatable bonds is 8. The summed E-state index contributed by atoms with van der Waals surface area (Å²) in [6, 6.07) is 20.3. The van der Waals surface area contributed by atoms with Crippen molar-refractivity contribution in [2.24, 2.45) is 0 Å². The number of aromatic carboxylic acids is 1. The van der Waals surface area contributed by atoms with E-state index in [-0.39, 0.29) is 24.6 Å². The van der Waals surface area contributed by atoms with Crippen molar-refractivity contribution in [3.05, 3.63) is 94.0 Å². The average Bonchev–Trinajstić information content (AvgIpc) is 2.75. The first-order chi connectivity index (χ1) is 14.8. The Kier molecular flexibility index (Phi) is 7.60. The van der Waals surface area contributed by atoms with Crippen LogP contribution in [0.5, 0.6) is 0 Å². The standard InChI is InChI=1S/C24H23ClN2O3S/c1-16-6-10-21(11-7-16)31-27(20-9-8-17(2)22(25)13-20)15-23(28)26-14-18-4-3-5-19(12-18)24(29)30/h3-13H,14-15H2,1-2H3,(H,26,28)(H,29,30). The number of hydrogen-bond acceptors (Lipinski definition) is 4. The second-order valence-corrected chi connectivity index (χ2v) is 8.66. The van der Waals surface area contributed by atoms with Gasteiger partial charge in [0.25, 0.3) is 0 Å². The predicted molar refractivity (Wildman–Crippen MR) is 126 cm³/mol. The minimum absolute atomic E-state index is 0.108. The molecule has 0 spiro atoms. The molecule has 2 N–H and O–H groups in total. The fourth-order valence-electron chi connectivity index (χ4n) is 2.84. The summed E-state index contributed by atoms with van der Waals surface area (Å²) in [7, 11) is 0. The molecule has 0 bridgehead atoms. The summed E-state index contributed by atoms with van der Waals surface area (Å²) in [5, 5.41) is 12.6. The maximum atomic E-state index is 12.7. The molecule has 0 atom stereocenters. The molecule has 0 aliphatic carbocycles. The van der Waals surface area contributed by atoms with Gasteiger partial charge in [-0.1, -0.05) is 47.5 Å². The highest BCUT2D eigenvalue weighted by Gasteiger charge is 2.15. The molecule has 0 aliphatic rings. The molecule has 5 nitrogen and oxygen atoms in total. The Bertz CT molecular complexity index is 1090. The molecule has 7 heteroatoms. The topological polar surface area (TPSA) is 69.6 Å². The lowest BCUT2D eigenvalue weighted by atomic mass is 10.1. The smallest absolute Gasteiger partial charge is 0.335 e. The normalized spacial score (nSPS) is 10.5. The van der Waals surface area contributed by atoms with Gasteiger partial charge in [-0.15, -0.1) is 0 Å². The molecule has 0 unspecified atom stereocenters. The summed E-state index contributed by atoms with van der Waals surface area (Å²) in [5.74, 6) is -1.18. The number of carboxylic acid groups (broad SMARTS) is 1. The van der Waals surface area contributed by atoms with Gasteiger partial charge in [-0.2, -0.15) is 0 Å². The van der Waals surface area contributed by atoms with Gasteiger partial charge in [-0.05, 0) is 73.3 Å². The lowest BCUT2D eigenvalue weighted by Crippen LogP contribution is -2.33. The van der Waals surface area contributed by atoms with E-state index in [1.807, 2.05) is 60.6 Å². The van der Waals surface area contributed by atoms with Gasteiger partial charge in [0, 0.05) is 22.2 Å². The lowest BCUT2D eigenvalue weighted by Gasteiger charge is -2.23. The maximum absolute atomic E-state index is 12.7. The van der Waals surface area contributed by atoms with Crippen molar-refractivity contribution in [3.8, 4) is 0 Å². The van der Waals surface area contributed by atoms with Gasteiger partial charge in [0.1, 0.15) is 6.54 Å². The maximum Gasteiger partial charge on any atom is 0.335 e. The van der Waals surface area contributed by atoms with E-state index >= 15 is 0 Å². The number of anilines is 1. The molecule has 3 aromatic rings. The second kappa shape index (κ2) is 10.4. The number of nitrogens with zero attached hydrogens (tertiary/aromatic N) is 1. The molecule has 3 rings (SSSR count). The average molecular weight is 455 g/mol. The Morgan fingerprint density at radius 1 is 1.03 bits per heavy atom. The van der Waals surface area contributed by atoms with Crippen LogP contribution in [0.4, 0.5) is 5.69 Å². The molecular formula is C24H23ClN2O3S. The van der Waals surface area contributed by atoms with Crippen LogP contribution in [0.3, 0.4) is 0 Å². The Labute approximate surface area is 191 Å². The summed E-state index contributed by atoms with van der Waals surface area (Å²) in [6.07, 6.45) is 0. The molecule has 160 valence electrons. The fourth-order valence-corrected chi connectivity index (χ4v) is 3.93. The van der Waals surface area contributed by atoms with Crippen LogP contribution in [0.15, 0.2) is 71.6 Å². The number of carbonyl (C=O) groups is 2. The molecular weight excluding hydrogens is 432 g/mol. The highest BCUT2D eigenvalue weighted by Crippen LogP contribution is 2.31. The van der Waals surface area contributed by atoms with Gasteiger partial charge in [-0.25, -0.2) is 4.79 Å². The molecule has 1 amide bonds. The number of benzene rings is 3. The Hall–Kier alpha value is -2.96. The molecule has 0 radical (unpaired) electrons. The monoisotopic (exact) mass is 454 g/mol. The van der Waals surface area contributed by atoms with Crippen LogP contribution in [-0.2, 0) is 11.3 Å². The zero-order valence-electron chi connectivity index (χ0n) is 17.3. The second-order valence-electron chi connectivity index (χ2n) is 7.16. The third-order valence-electron chi connectivity index (χ3n) is 4.63. The van der Waals surface area contributed by atoms with Crippen LogP contribution in [0.2, 0.25) is 5.02 Å². The Morgan fingerprint density at radius 2 is 1.77 bits per heavy atom. The Morgan fingerprint density at radius 3 is 2.45 bits per heavy atom. The first-order valence-corrected chi connectivity index (χ1v) is 10.8. The zero-order chi connectivity index (χ0) is 22.4. The van der Waals surface area contributed by atoms with E-state index in [1.165, 1.54) is 18.0 Å². The van der Waals surface area contributed by atoms with Crippen LogP contribution < -0.4 is 9.62 Å². The number of carbonyl (C=O) groups excluding carboxylic acids is 1. The van der Waals surface area contributed by atoms with Gasteiger partial charge in [-0.3, -0.25) is 4.79 Å². The quantitative estimate of drug-likeness (QED) is 0.441. The molecule has 0 fully saturated rings. The van der Waals surface area contributed by atoms with Crippen molar-refractivity contribution in [2.45, 2.75) is 25.3 Å². The first kappa shape index (κ1) is 22.7. The van der Waals surface area contributed by atoms with Crippen molar-refractivity contribution < 1.29 is 14.7 Å². The fraction of sp³-hybridized carbons (Fsp3) is 0.167. The van der Waals surface area contributed by atoms with E-state index in [0.717, 1.165) is 27.3 Å². The van der Waals surface area contributed by atoms with Crippen LogP contribution in [0.1, 0.15) is 27.0 Å². The van der Waals surface area contributed by atoms with Gasteiger partial charge < -0.3 is 14.7 Å². The van der Waals surface area contributed by atoms with Crippen molar-refractivity contribution in [1.82, 2.24) is 5.32 Å². The van der Waals surface area contributed by atoms with E-state index in [2.05, 4.69) is 5.32 Å². The minimum Gasteiger partial charge on any atom is -0.478 e. The zero-order valence-corrected chi connectivity index (χ0v) is 18.8. The molecule has 0 aromatic heterocycles. The molecule has 0 saturated heterocycles. The van der Waals surface area contributed by atoms with Crippen LogP contribution in [0.25, 0.3) is 0 Å². The van der Waals surface area contributed by atoms with E-state index in [0.29, 0.717) is 5.02 Å². The van der Waals surface area contributed by atoms with Gasteiger partial charge in [0.15, 0.2) is 0 Å². The molecule has 3 aromatic carbocycles. The lowest BCUT2D eigenvalue weighted by molar-refractivity contribution is -0.119. The first-order valence-electron chi connectivity index (χ1n) is 9.69. The highest BCUT2D eigenvalue weighted by molar-refractivity contribution is 8.00. The predicted octanol–water partition coefficient (Wildman–Crippen LogP) is 5.49. The van der Waals surface area contributed by atoms with Crippen molar-refractivity contribution >= 4 is 41.1 Å². The van der Waals surface area contributed by atoms with Crippen molar-refractivity contribution in [1.29, 1.82) is 0 Å². The van der Waals surface area contributed by atoms with E-state index in [1.54, 1.807) is 18.2 Å². The third-order valence-corrected chi connectivity index (χ3v) is 6.08. The number of amides is 1. The molecule has 0 aliphatic heterocycles. The number of hydrogen-bond donors (Lipinski definition) is 2. The molecule has 0 saturated carbocycles. The van der Waals surface area contributed by atoms with Crippen LogP contribution in [0, 0.1) is 13.8 Å². The number of aryl methyl sites for hydroxylation is 2. The van der Waals surface area contributed by atoms with Crippen LogP contribution in [-0.4, -0.2) is 23.5 Å². The Balaban J connectivity index is 1.73.